The minimum atomic E-state index is 0.247. The average Bonchev–Trinajstić information content (AvgIpc) is 3.22. The Balaban J connectivity index is 1.70. The van der Waals surface area contributed by atoms with E-state index in [9.17, 15) is 4.79 Å². The van der Waals surface area contributed by atoms with E-state index in [0.717, 1.165) is 6.42 Å². The number of benzene rings is 1. The van der Waals surface area contributed by atoms with Crippen molar-refractivity contribution in [2.24, 2.45) is 17.8 Å². The molecule has 0 heterocycles. The molecule has 2 heteroatoms. The second kappa shape index (κ2) is 4.17. The van der Waals surface area contributed by atoms with Crippen molar-refractivity contribution in [3.05, 3.63) is 35.9 Å². The van der Waals surface area contributed by atoms with Crippen molar-refractivity contribution in [3.8, 4) is 0 Å². The van der Waals surface area contributed by atoms with Gasteiger partial charge >= 0.3 is 0 Å². The molecule has 2 aliphatic carbocycles. The first-order valence-electron chi connectivity index (χ1n) is 6.61. The SMILES string of the molecule is C[C@@H]1C[C@H]1C(=O)N[C@@H](c1ccccc1)C1CC1. The first-order valence-corrected chi connectivity index (χ1v) is 6.61. The molecule has 17 heavy (non-hydrogen) atoms. The number of rotatable bonds is 4. The Hall–Kier alpha value is -1.31. The van der Waals surface area contributed by atoms with E-state index in [1.807, 2.05) is 6.07 Å². The minimum Gasteiger partial charge on any atom is -0.349 e. The van der Waals surface area contributed by atoms with Crippen molar-refractivity contribution in [1.29, 1.82) is 0 Å². The van der Waals surface area contributed by atoms with Gasteiger partial charge in [0.2, 0.25) is 5.91 Å². The van der Waals surface area contributed by atoms with Gasteiger partial charge in [-0.1, -0.05) is 37.3 Å². The molecular weight excluding hydrogens is 210 g/mol. The monoisotopic (exact) mass is 229 g/mol. The zero-order valence-corrected chi connectivity index (χ0v) is 10.2. The van der Waals surface area contributed by atoms with Gasteiger partial charge in [0, 0.05) is 5.92 Å². The molecule has 0 unspecified atom stereocenters. The van der Waals surface area contributed by atoms with Crippen LogP contribution >= 0.6 is 0 Å². The van der Waals surface area contributed by atoms with Crippen LogP contribution in [0.25, 0.3) is 0 Å². The van der Waals surface area contributed by atoms with Crippen LogP contribution in [-0.2, 0) is 4.79 Å². The second-order valence-electron chi connectivity index (χ2n) is 5.55. The summed E-state index contributed by atoms with van der Waals surface area (Å²) >= 11 is 0. The molecule has 1 amide bonds. The third-order valence-electron chi connectivity index (χ3n) is 4.00. The number of carbonyl (C=O) groups excluding carboxylic acids is 1. The van der Waals surface area contributed by atoms with E-state index >= 15 is 0 Å². The smallest absolute Gasteiger partial charge is 0.223 e. The fourth-order valence-electron chi connectivity index (χ4n) is 2.51. The van der Waals surface area contributed by atoms with Crippen LogP contribution in [-0.4, -0.2) is 5.91 Å². The molecule has 3 atom stereocenters. The molecule has 1 aromatic carbocycles. The third-order valence-corrected chi connectivity index (χ3v) is 4.00. The molecular formula is C15H19NO. The van der Waals surface area contributed by atoms with Crippen molar-refractivity contribution in [2.45, 2.75) is 32.2 Å². The molecule has 1 N–H and O–H groups in total. The lowest BCUT2D eigenvalue weighted by molar-refractivity contribution is -0.123. The Labute approximate surface area is 102 Å². The molecule has 0 spiro atoms. The Morgan fingerprint density at radius 3 is 2.47 bits per heavy atom. The van der Waals surface area contributed by atoms with Crippen LogP contribution in [0.2, 0.25) is 0 Å². The zero-order chi connectivity index (χ0) is 11.8. The van der Waals surface area contributed by atoms with Crippen molar-refractivity contribution >= 4 is 5.91 Å². The highest BCUT2D eigenvalue weighted by atomic mass is 16.2. The normalized spacial score (nSPS) is 28.5. The van der Waals surface area contributed by atoms with Gasteiger partial charge in [-0.25, -0.2) is 0 Å². The van der Waals surface area contributed by atoms with Crippen molar-refractivity contribution in [1.82, 2.24) is 5.32 Å². The van der Waals surface area contributed by atoms with Crippen LogP contribution in [0.15, 0.2) is 30.3 Å². The van der Waals surface area contributed by atoms with E-state index in [4.69, 9.17) is 0 Å². The molecule has 2 fully saturated rings. The lowest BCUT2D eigenvalue weighted by atomic mass is 10.0. The lowest BCUT2D eigenvalue weighted by Crippen LogP contribution is -2.31. The Bertz CT molecular complexity index is 410. The number of amides is 1. The molecule has 0 saturated heterocycles. The number of nitrogens with one attached hydrogen (secondary N) is 1. The summed E-state index contributed by atoms with van der Waals surface area (Å²) in [7, 11) is 0. The van der Waals surface area contributed by atoms with E-state index in [1.54, 1.807) is 0 Å². The predicted molar refractivity (Wildman–Crippen MR) is 67.3 cm³/mol. The van der Waals surface area contributed by atoms with Crippen LogP contribution in [0.3, 0.4) is 0 Å². The molecule has 2 nitrogen and oxygen atoms in total. The highest BCUT2D eigenvalue weighted by molar-refractivity contribution is 5.81. The summed E-state index contributed by atoms with van der Waals surface area (Å²) < 4.78 is 0. The highest BCUT2D eigenvalue weighted by Gasteiger charge is 2.41. The fourth-order valence-corrected chi connectivity index (χ4v) is 2.51. The molecule has 1 aromatic rings. The van der Waals surface area contributed by atoms with E-state index in [0.29, 0.717) is 11.8 Å². The van der Waals surface area contributed by atoms with Gasteiger partial charge in [0.25, 0.3) is 0 Å². The van der Waals surface area contributed by atoms with Crippen LogP contribution in [0, 0.1) is 17.8 Å². The van der Waals surface area contributed by atoms with Crippen molar-refractivity contribution in [3.63, 3.8) is 0 Å². The summed E-state index contributed by atoms with van der Waals surface area (Å²) in [6.45, 7) is 2.15. The standard InChI is InChI=1S/C15H19NO/c1-10-9-13(10)15(17)16-14(12-7-8-12)11-5-3-2-4-6-11/h2-6,10,12-14H,7-9H2,1H3,(H,16,17)/t10-,13-,14+/m1/s1. The number of hydrogen-bond acceptors (Lipinski definition) is 1. The topological polar surface area (TPSA) is 29.1 Å². The van der Waals surface area contributed by atoms with Gasteiger partial charge in [0.1, 0.15) is 0 Å². The van der Waals surface area contributed by atoms with Gasteiger partial charge < -0.3 is 5.32 Å². The van der Waals surface area contributed by atoms with Crippen molar-refractivity contribution in [2.75, 3.05) is 0 Å². The van der Waals surface area contributed by atoms with E-state index < -0.39 is 0 Å². The maximum absolute atomic E-state index is 12.0. The molecule has 3 rings (SSSR count). The summed E-state index contributed by atoms with van der Waals surface area (Å²) in [6.07, 6.45) is 3.57. The first kappa shape index (κ1) is 10.8. The summed E-state index contributed by atoms with van der Waals surface area (Å²) in [4.78, 5) is 12.0. The van der Waals surface area contributed by atoms with Crippen LogP contribution in [0.4, 0.5) is 0 Å². The van der Waals surface area contributed by atoms with Crippen LogP contribution in [0.1, 0.15) is 37.8 Å². The summed E-state index contributed by atoms with van der Waals surface area (Å²) in [6, 6.07) is 10.6. The molecule has 2 aliphatic rings. The predicted octanol–water partition coefficient (Wildman–Crippen LogP) is 2.91. The summed E-state index contributed by atoms with van der Waals surface area (Å²) in [5.74, 6) is 1.79. The summed E-state index contributed by atoms with van der Waals surface area (Å²) in [5.41, 5.74) is 1.26. The largest absolute Gasteiger partial charge is 0.349 e. The van der Waals surface area contributed by atoms with Crippen molar-refractivity contribution < 1.29 is 4.79 Å². The molecule has 0 aromatic heterocycles. The van der Waals surface area contributed by atoms with Gasteiger partial charge in [0.15, 0.2) is 0 Å². The quantitative estimate of drug-likeness (QED) is 0.845. The fraction of sp³-hybridized carbons (Fsp3) is 0.533. The average molecular weight is 229 g/mol. The Morgan fingerprint density at radius 2 is 1.94 bits per heavy atom. The highest BCUT2D eigenvalue weighted by Crippen LogP contribution is 2.43. The molecule has 0 aliphatic heterocycles. The van der Waals surface area contributed by atoms with Gasteiger partial charge in [0.05, 0.1) is 6.04 Å². The minimum absolute atomic E-state index is 0.247. The van der Waals surface area contributed by atoms with Gasteiger partial charge in [-0.05, 0) is 36.7 Å². The van der Waals surface area contributed by atoms with E-state index in [-0.39, 0.29) is 17.9 Å². The third kappa shape index (κ3) is 2.36. The molecule has 2 saturated carbocycles. The molecule has 0 radical (unpaired) electrons. The van der Waals surface area contributed by atoms with Crippen LogP contribution < -0.4 is 5.32 Å². The van der Waals surface area contributed by atoms with Gasteiger partial charge in [-0.2, -0.15) is 0 Å². The van der Waals surface area contributed by atoms with E-state index in [2.05, 4.69) is 36.5 Å². The zero-order valence-electron chi connectivity index (χ0n) is 10.2. The number of carbonyl (C=O) groups is 1. The van der Waals surface area contributed by atoms with Gasteiger partial charge in [-0.15, -0.1) is 0 Å². The van der Waals surface area contributed by atoms with Gasteiger partial charge in [-0.3, -0.25) is 4.79 Å². The van der Waals surface area contributed by atoms with Crippen LogP contribution in [0.5, 0.6) is 0 Å². The maximum Gasteiger partial charge on any atom is 0.223 e. The molecule has 0 bridgehead atoms. The van der Waals surface area contributed by atoms with E-state index in [1.165, 1.54) is 18.4 Å². The number of hydrogen-bond donors (Lipinski definition) is 1. The lowest BCUT2D eigenvalue weighted by Gasteiger charge is -2.18. The first-order chi connectivity index (χ1) is 8.25. The Kier molecular flexibility index (Phi) is 2.65. The Morgan fingerprint density at radius 1 is 1.29 bits per heavy atom. The molecule has 90 valence electrons. The second-order valence-corrected chi connectivity index (χ2v) is 5.55. The maximum atomic E-state index is 12.0. The summed E-state index contributed by atoms with van der Waals surface area (Å²) in [5, 5.41) is 3.25.